The topological polar surface area (TPSA) is 114 Å². The summed E-state index contributed by atoms with van der Waals surface area (Å²) < 4.78 is 10.8. The Hall–Kier alpha value is -4.17. The second-order valence-electron chi connectivity index (χ2n) is 10.3. The lowest BCUT2D eigenvalue weighted by Gasteiger charge is -2.27. The van der Waals surface area contributed by atoms with E-state index < -0.39 is 36.4 Å². The summed E-state index contributed by atoms with van der Waals surface area (Å²) in [6, 6.07) is 25.2. The van der Waals surface area contributed by atoms with Crippen LogP contribution in [0.25, 0.3) is 0 Å². The summed E-state index contributed by atoms with van der Waals surface area (Å²) in [4.78, 5) is 36.9. The molecule has 212 valence electrons. The average molecular weight is 547 g/mol. The van der Waals surface area contributed by atoms with Gasteiger partial charge >= 0.3 is 11.9 Å². The zero-order chi connectivity index (χ0) is 29.0. The van der Waals surface area contributed by atoms with Gasteiger partial charge in [0.2, 0.25) is 5.91 Å². The van der Waals surface area contributed by atoms with Crippen molar-refractivity contribution < 1.29 is 29.0 Å². The van der Waals surface area contributed by atoms with E-state index in [1.807, 2.05) is 84.9 Å². The van der Waals surface area contributed by atoms with Gasteiger partial charge in [-0.3, -0.25) is 9.59 Å². The van der Waals surface area contributed by atoms with Gasteiger partial charge in [-0.05, 0) is 47.2 Å². The van der Waals surface area contributed by atoms with Crippen molar-refractivity contribution in [3.8, 4) is 5.75 Å². The highest BCUT2D eigenvalue weighted by atomic mass is 16.5. The van der Waals surface area contributed by atoms with Crippen molar-refractivity contribution in [3.63, 3.8) is 0 Å². The molecular formula is C32H38N2O6. The zero-order valence-corrected chi connectivity index (χ0v) is 23.3. The summed E-state index contributed by atoms with van der Waals surface area (Å²) in [6.45, 7) is 5.07. The first-order chi connectivity index (χ1) is 19.2. The molecule has 0 fully saturated rings. The lowest BCUT2D eigenvalue weighted by Crippen LogP contribution is -2.52. The molecule has 1 amide bonds. The third-order valence-electron chi connectivity index (χ3n) is 6.80. The fourth-order valence-corrected chi connectivity index (χ4v) is 4.34. The van der Waals surface area contributed by atoms with Crippen LogP contribution in [0, 0.1) is 0 Å². The van der Waals surface area contributed by atoms with Crippen molar-refractivity contribution in [3.05, 3.63) is 102 Å². The number of ether oxygens (including phenoxy) is 2. The lowest BCUT2D eigenvalue weighted by molar-refractivity contribution is -0.145. The number of carbonyl (C=O) groups is 3. The van der Waals surface area contributed by atoms with Gasteiger partial charge in [0.1, 0.15) is 18.4 Å². The first-order valence-electron chi connectivity index (χ1n) is 13.3. The number of aliphatic carboxylic acids is 1. The van der Waals surface area contributed by atoms with E-state index in [1.165, 1.54) is 7.11 Å². The maximum atomic E-state index is 13.1. The molecule has 2 atom stereocenters. The van der Waals surface area contributed by atoms with E-state index in [9.17, 15) is 19.5 Å². The molecule has 0 aliphatic rings. The fourth-order valence-electron chi connectivity index (χ4n) is 4.34. The van der Waals surface area contributed by atoms with Crippen LogP contribution >= 0.6 is 0 Å². The van der Waals surface area contributed by atoms with Crippen LogP contribution in [-0.2, 0) is 37.6 Å². The highest BCUT2D eigenvalue weighted by Gasteiger charge is 2.29. The van der Waals surface area contributed by atoms with Crippen LogP contribution in [0.1, 0.15) is 43.4 Å². The van der Waals surface area contributed by atoms with Crippen LogP contribution in [-0.4, -0.2) is 48.7 Å². The molecule has 0 aliphatic heterocycles. The summed E-state index contributed by atoms with van der Waals surface area (Å²) >= 11 is 0. The third-order valence-corrected chi connectivity index (χ3v) is 6.80. The van der Waals surface area contributed by atoms with E-state index >= 15 is 0 Å². The van der Waals surface area contributed by atoms with Crippen molar-refractivity contribution in [1.82, 2.24) is 10.6 Å². The van der Waals surface area contributed by atoms with Crippen molar-refractivity contribution in [1.29, 1.82) is 0 Å². The van der Waals surface area contributed by atoms with Gasteiger partial charge in [-0.1, -0.05) is 86.6 Å². The maximum absolute atomic E-state index is 13.1. The molecule has 0 saturated heterocycles. The second kappa shape index (κ2) is 14.8. The summed E-state index contributed by atoms with van der Waals surface area (Å²) in [7, 11) is 1.25. The van der Waals surface area contributed by atoms with Crippen LogP contribution in [0.4, 0.5) is 0 Å². The number of esters is 1. The van der Waals surface area contributed by atoms with E-state index in [0.29, 0.717) is 19.6 Å². The maximum Gasteiger partial charge on any atom is 0.328 e. The van der Waals surface area contributed by atoms with Crippen LogP contribution in [0.5, 0.6) is 5.75 Å². The molecule has 3 aromatic carbocycles. The largest absolute Gasteiger partial charge is 0.489 e. The predicted molar refractivity (Wildman–Crippen MR) is 153 cm³/mol. The van der Waals surface area contributed by atoms with E-state index in [2.05, 4.69) is 24.5 Å². The van der Waals surface area contributed by atoms with Crippen LogP contribution in [0.2, 0.25) is 0 Å². The monoisotopic (exact) mass is 546 g/mol. The molecule has 3 aromatic rings. The first kappa shape index (κ1) is 30.4. The molecule has 0 radical (unpaired) electrons. The van der Waals surface area contributed by atoms with Gasteiger partial charge in [0.25, 0.3) is 0 Å². The third kappa shape index (κ3) is 9.54. The summed E-state index contributed by atoms with van der Waals surface area (Å²) in [5.41, 5.74) is 2.78. The number of rotatable bonds is 15. The molecule has 40 heavy (non-hydrogen) atoms. The normalized spacial score (nSPS) is 12.7. The van der Waals surface area contributed by atoms with Gasteiger partial charge < -0.3 is 25.2 Å². The summed E-state index contributed by atoms with van der Waals surface area (Å²) in [5.74, 6) is -1.50. The lowest BCUT2D eigenvalue weighted by atomic mass is 9.81. The minimum atomic E-state index is -1.12. The minimum Gasteiger partial charge on any atom is -0.489 e. The van der Waals surface area contributed by atoms with Gasteiger partial charge in [0.15, 0.2) is 0 Å². The second-order valence-corrected chi connectivity index (χ2v) is 10.3. The Morgan fingerprint density at radius 1 is 0.850 bits per heavy atom. The molecule has 0 heterocycles. The van der Waals surface area contributed by atoms with Gasteiger partial charge in [-0.2, -0.15) is 0 Å². The number of hydrogen-bond donors (Lipinski definition) is 3. The molecule has 0 aromatic heterocycles. The molecule has 0 bridgehead atoms. The molecular weight excluding hydrogens is 508 g/mol. The Balaban J connectivity index is 1.57. The van der Waals surface area contributed by atoms with Gasteiger partial charge in [0.05, 0.1) is 19.6 Å². The van der Waals surface area contributed by atoms with Crippen LogP contribution < -0.4 is 15.4 Å². The Bertz CT molecular complexity index is 1230. The number of amides is 1. The highest BCUT2D eigenvalue weighted by molar-refractivity contribution is 5.90. The van der Waals surface area contributed by atoms with E-state index in [1.54, 1.807) is 0 Å². The number of carboxylic acids is 1. The quantitative estimate of drug-likeness (QED) is 0.244. The number of carboxylic acid groups (broad SMARTS) is 1. The molecule has 0 aliphatic carbocycles. The zero-order valence-electron chi connectivity index (χ0n) is 23.3. The van der Waals surface area contributed by atoms with E-state index in [4.69, 9.17) is 9.47 Å². The molecule has 0 saturated carbocycles. The number of nitrogens with one attached hydrogen (secondary N) is 2. The standard InChI is InChI=1S/C32H38N2O6/c1-32(2,25-14-16-26(17-15-25)40-22-24-12-8-5-9-13-24)18-19-33-27(21-29(35)36)30(37)34-28(31(38)39-3)20-23-10-6-4-7-11-23/h4-17,27-28,33H,18-22H2,1-3H3,(H,34,37)(H,35,36)/t27-,28+/m1/s1. The average Bonchev–Trinajstić information content (AvgIpc) is 2.95. The molecule has 3 N–H and O–H groups in total. The number of benzene rings is 3. The fraction of sp³-hybridized carbons (Fsp3) is 0.344. The Morgan fingerprint density at radius 3 is 2.02 bits per heavy atom. The Labute approximate surface area is 235 Å². The van der Waals surface area contributed by atoms with Gasteiger partial charge in [-0.25, -0.2) is 4.79 Å². The highest BCUT2D eigenvalue weighted by Crippen LogP contribution is 2.28. The van der Waals surface area contributed by atoms with Crippen molar-refractivity contribution >= 4 is 17.8 Å². The number of methoxy groups -OCH3 is 1. The van der Waals surface area contributed by atoms with Gasteiger partial charge in [0, 0.05) is 6.42 Å². The molecule has 8 nitrogen and oxygen atoms in total. The SMILES string of the molecule is COC(=O)[C@H](Cc1ccccc1)NC(=O)[C@@H](CC(=O)O)NCCC(C)(C)c1ccc(OCc2ccccc2)cc1. The Kier molecular flexibility index (Phi) is 11.3. The summed E-state index contributed by atoms with van der Waals surface area (Å²) in [6.07, 6.45) is 0.459. The Morgan fingerprint density at radius 2 is 1.45 bits per heavy atom. The van der Waals surface area contributed by atoms with Crippen molar-refractivity contribution in [2.45, 2.75) is 57.2 Å². The van der Waals surface area contributed by atoms with E-state index in [-0.39, 0.29) is 11.8 Å². The molecule has 0 unspecified atom stereocenters. The van der Waals surface area contributed by atoms with Crippen LogP contribution in [0.3, 0.4) is 0 Å². The number of hydrogen-bond acceptors (Lipinski definition) is 6. The number of carbonyl (C=O) groups excluding carboxylic acids is 2. The van der Waals surface area contributed by atoms with E-state index in [0.717, 1.165) is 22.4 Å². The summed E-state index contributed by atoms with van der Waals surface area (Å²) in [5, 5.41) is 15.2. The first-order valence-corrected chi connectivity index (χ1v) is 13.3. The minimum absolute atomic E-state index is 0.233. The van der Waals surface area contributed by atoms with Crippen molar-refractivity contribution in [2.75, 3.05) is 13.7 Å². The van der Waals surface area contributed by atoms with Gasteiger partial charge in [-0.15, -0.1) is 0 Å². The smallest absolute Gasteiger partial charge is 0.328 e. The van der Waals surface area contributed by atoms with Crippen LogP contribution in [0.15, 0.2) is 84.9 Å². The molecule has 3 rings (SSSR count). The van der Waals surface area contributed by atoms with Crippen molar-refractivity contribution in [2.24, 2.45) is 0 Å². The molecule has 8 heteroatoms. The predicted octanol–water partition coefficient (Wildman–Crippen LogP) is 4.27. The molecule has 0 spiro atoms.